The van der Waals surface area contributed by atoms with E-state index >= 15 is 0 Å². The highest BCUT2D eigenvalue weighted by atomic mass is 16.5. The average molecular weight is 300 g/mol. The van der Waals surface area contributed by atoms with Crippen molar-refractivity contribution in [2.45, 2.75) is 33.6 Å². The summed E-state index contributed by atoms with van der Waals surface area (Å²) in [5, 5.41) is 11.0. The molecule has 0 spiro atoms. The van der Waals surface area contributed by atoms with E-state index in [0.717, 1.165) is 18.5 Å². The molecule has 0 fully saturated rings. The molecular weight excluding hydrogens is 280 g/mol. The van der Waals surface area contributed by atoms with E-state index in [2.05, 4.69) is 27.4 Å². The van der Waals surface area contributed by atoms with E-state index in [1.807, 2.05) is 25.1 Å². The van der Waals surface area contributed by atoms with E-state index in [9.17, 15) is 4.79 Å². The van der Waals surface area contributed by atoms with Gasteiger partial charge in [-0.25, -0.2) is 9.78 Å². The third-order valence-electron chi connectivity index (χ3n) is 2.96. The second kappa shape index (κ2) is 7.49. The molecule has 0 bridgehead atoms. The monoisotopic (exact) mass is 300 g/mol. The van der Waals surface area contributed by atoms with E-state index in [1.54, 1.807) is 13.0 Å². The van der Waals surface area contributed by atoms with Gasteiger partial charge in [0.05, 0.1) is 18.0 Å². The molecule has 2 rings (SSSR count). The highest BCUT2D eigenvalue weighted by molar-refractivity contribution is 5.94. The molecule has 0 aromatic carbocycles. The summed E-state index contributed by atoms with van der Waals surface area (Å²) in [6, 6.07) is 7.53. The van der Waals surface area contributed by atoms with Crippen molar-refractivity contribution in [3.05, 3.63) is 41.3 Å². The van der Waals surface area contributed by atoms with Gasteiger partial charge in [0.1, 0.15) is 5.82 Å². The Morgan fingerprint density at radius 2 is 2.09 bits per heavy atom. The maximum atomic E-state index is 12.0. The topological polar surface area (TPSA) is 77.0 Å². The Balaban J connectivity index is 2.30. The van der Waals surface area contributed by atoms with Crippen LogP contribution in [-0.2, 0) is 11.2 Å². The summed E-state index contributed by atoms with van der Waals surface area (Å²) in [5.41, 5.74) is 2.42. The molecule has 116 valence electrons. The number of hydrogen-bond donors (Lipinski definition) is 1. The van der Waals surface area contributed by atoms with Gasteiger partial charge < -0.3 is 10.1 Å². The van der Waals surface area contributed by atoms with E-state index in [4.69, 9.17) is 4.74 Å². The number of carbonyl (C=O) groups excluding carboxylic acids is 1. The van der Waals surface area contributed by atoms with Crippen LogP contribution in [0.3, 0.4) is 0 Å². The van der Waals surface area contributed by atoms with Crippen molar-refractivity contribution >= 4 is 17.5 Å². The van der Waals surface area contributed by atoms with Gasteiger partial charge in [0.25, 0.3) is 0 Å². The highest BCUT2D eigenvalue weighted by Crippen LogP contribution is 2.19. The van der Waals surface area contributed by atoms with Crippen molar-refractivity contribution in [2.24, 2.45) is 0 Å². The number of nitrogens with zero attached hydrogens (tertiary/aromatic N) is 3. The summed E-state index contributed by atoms with van der Waals surface area (Å²) in [4.78, 5) is 16.5. The Labute approximate surface area is 129 Å². The third-order valence-corrected chi connectivity index (χ3v) is 2.96. The van der Waals surface area contributed by atoms with E-state index < -0.39 is 5.97 Å². The molecule has 2 aromatic rings. The first-order chi connectivity index (χ1) is 10.6. The van der Waals surface area contributed by atoms with Gasteiger partial charge in [-0.15, -0.1) is 5.10 Å². The number of aryl methyl sites for hydroxylation is 2. The lowest BCUT2D eigenvalue weighted by Gasteiger charge is -2.11. The predicted molar refractivity (Wildman–Crippen MR) is 84.2 cm³/mol. The normalized spacial score (nSPS) is 10.3. The smallest absolute Gasteiger partial charge is 0.361 e. The van der Waals surface area contributed by atoms with Crippen LogP contribution in [0.25, 0.3) is 0 Å². The van der Waals surface area contributed by atoms with Crippen LogP contribution in [0.4, 0.5) is 11.5 Å². The van der Waals surface area contributed by atoms with Crippen molar-refractivity contribution in [2.75, 3.05) is 11.9 Å². The Bertz CT molecular complexity index is 658. The zero-order valence-corrected chi connectivity index (χ0v) is 13.1. The van der Waals surface area contributed by atoms with Gasteiger partial charge in [0, 0.05) is 5.69 Å². The summed E-state index contributed by atoms with van der Waals surface area (Å²) in [6.45, 7) is 5.96. The van der Waals surface area contributed by atoms with Gasteiger partial charge in [0.2, 0.25) is 0 Å². The minimum atomic E-state index is -0.498. The summed E-state index contributed by atoms with van der Waals surface area (Å²) >= 11 is 0. The fraction of sp³-hybridized carbons (Fsp3) is 0.375. The van der Waals surface area contributed by atoms with Crippen LogP contribution in [0.5, 0.6) is 0 Å². The Morgan fingerprint density at radius 1 is 1.27 bits per heavy atom. The molecule has 0 aliphatic carbocycles. The minimum absolute atomic E-state index is 0.162. The second-order valence-corrected chi connectivity index (χ2v) is 4.86. The summed E-state index contributed by atoms with van der Waals surface area (Å²) in [7, 11) is 0. The number of ether oxygens (including phenoxy) is 1. The van der Waals surface area contributed by atoms with Crippen molar-refractivity contribution in [3.8, 4) is 0 Å². The molecule has 0 aliphatic rings. The van der Waals surface area contributed by atoms with Gasteiger partial charge in [-0.1, -0.05) is 19.4 Å². The zero-order valence-electron chi connectivity index (χ0n) is 13.1. The average Bonchev–Trinajstić information content (AvgIpc) is 2.48. The quantitative estimate of drug-likeness (QED) is 0.826. The Kier molecular flexibility index (Phi) is 5.41. The molecule has 0 atom stereocenters. The standard InChI is InChI=1S/C16H20N4O2/c1-4-7-12-8-6-9-14(17-12)18-13-10-11(3)19-20-15(13)16(21)22-5-2/h6,8-10H,4-5,7H2,1-3H3,(H,17,18,19). The van der Waals surface area contributed by atoms with Crippen molar-refractivity contribution in [3.63, 3.8) is 0 Å². The van der Waals surface area contributed by atoms with E-state index in [0.29, 0.717) is 17.2 Å². The molecule has 0 aliphatic heterocycles. The number of carbonyl (C=O) groups is 1. The largest absolute Gasteiger partial charge is 0.461 e. The van der Waals surface area contributed by atoms with Crippen molar-refractivity contribution in [1.29, 1.82) is 0 Å². The van der Waals surface area contributed by atoms with E-state index in [-0.39, 0.29) is 12.3 Å². The fourth-order valence-electron chi connectivity index (χ4n) is 2.02. The van der Waals surface area contributed by atoms with Gasteiger partial charge >= 0.3 is 5.97 Å². The first-order valence-electron chi connectivity index (χ1n) is 7.38. The number of anilines is 2. The number of esters is 1. The van der Waals surface area contributed by atoms with Gasteiger partial charge in [-0.05, 0) is 38.5 Å². The molecular formula is C16H20N4O2. The van der Waals surface area contributed by atoms with Gasteiger partial charge in [-0.2, -0.15) is 5.10 Å². The van der Waals surface area contributed by atoms with Crippen molar-refractivity contribution < 1.29 is 9.53 Å². The van der Waals surface area contributed by atoms with E-state index in [1.165, 1.54) is 0 Å². The Hall–Kier alpha value is -2.50. The molecule has 6 nitrogen and oxygen atoms in total. The van der Waals surface area contributed by atoms with Crippen LogP contribution in [0, 0.1) is 6.92 Å². The molecule has 0 saturated heterocycles. The molecule has 0 radical (unpaired) electrons. The SMILES string of the molecule is CCCc1cccc(Nc2cc(C)nnc2C(=O)OCC)n1. The van der Waals surface area contributed by atoms with Crippen LogP contribution < -0.4 is 5.32 Å². The number of aromatic nitrogens is 3. The molecule has 1 N–H and O–H groups in total. The number of hydrogen-bond acceptors (Lipinski definition) is 6. The molecule has 6 heteroatoms. The predicted octanol–water partition coefficient (Wildman–Crippen LogP) is 3.05. The minimum Gasteiger partial charge on any atom is -0.461 e. The first kappa shape index (κ1) is 15.9. The maximum absolute atomic E-state index is 12.0. The lowest BCUT2D eigenvalue weighted by atomic mass is 10.2. The molecule has 2 aromatic heterocycles. The highest BCUT2D eigenvalue weighted by Gasteiger charge is 2.16. The Morgan fingerprint density at radius 3 is 2.82 bits per heavy atom. The summed E-state index contributed by atoms with van der Waals surface area (Å²) in [5.74, 6) is 0.172. The maximum Gasteiger partial charge on any atom is 0.361 e. The lowest BCUT2D eigenvalue weighted by molar-refractivity contribution is 0.0519. The third kappa shape index (κ3) is 4.00. The molecule has 0 amide bonds. The van der Waals surface area contributed by atoms with Crippen LogP contribution in [0.15, 0.2) is 24.3 Å². The molecule has 22 heavy (non-hydrogen) atoms. The van der Waals surface area contributed by atoms with Crippen LogP contribution in [0.2, 0.25) is 0 Å². The zero-order chi connectivity index (χ0) is 15.9. The van der Waals surface area contributed by atoms with Crippen LogP contribution in [0.1, 0.15) is 42.1 Å². The number of pyridine rings is 1. The fourth-order valence-corrected chi connectivity index (χ4v) is 2.02. The van der Waals surface area contributed by atoms with Gasteiger partial charge in [0.15, 0.2) is 5.69 Å². The summed E-state index contributed by atoms with van der Waals surface area (Å²) < 4.78 is 5.01. The second-order valence-electron chi connectivity index (χ2n) is 4.86. The van der Waals surface area contributed by atoms with Gasteiger partial charge in [-0.3, -0.25) is 0 Å². The van der Waals surface area contributed by atoms with Crippen LogP contribution >= 0.6 is 0 Å². The van der Waals surface area contributed by atoms with Crippen LogP contribution in [-0.4, -0.2) is 27.8 Å². The molecule has 0 unspecified atom stereocenters. The number of nitrogens with one attached hydrogen (secondary N) is 1. The van der Waals surface area contributed by atoms with Crippen molar-refractivity contribution in [1.82, 2.24) is 15.2 Å². The molecule has 2 heterocycles. The lowest BCUT2D eigenvalue weighted by Crippen LogP contribution is -2.12. The molecule has 0 saturated carbocycles. The first-order valence-corrected chi connectivity index (χ1v) is 7.38. The number of rotatable bonds is 6. The summed E-state index contributed by atoms with van der Waals surface area (Å²) in [6.07, 6.45) is 1.94.